The van der Waals surface area contributed by atoms with Crippen molar-refractivity contribution in [1.29, 1.82) is 5.26 Å². The molecule has 0 fully saturated rings. The molecule has 2 aromatic rings. The molecule has 4 N–H and O–H groups in total. The molecule has 0 spiro atoms. The van der Waals surface area contributed by atoms with Crippen LogP contribution in [0.3, 0.4) is 0 Å². The second kappa shape index (κ2) is 6.85. The number of pyridine rings is 1. The third-order valence-electron chi connectivity index (χ3n) is 5.86. The number of nitrogens with two attached hydrogens (primary N) is 2. The number of fused-ring (bicyclic) bond motifs is 1. The molecule has 7 nitrogen and oxygen atoms in total. The molecule has 1 unspecified atom stereocenters. The van der Waals surface area contributed by atoms with Crippen LogP contribution in [0.4, 0.5) is 17.3 Å². The van der Waals surface area contributed by atoms with Gasteiger partial charge in [-0.3, -0.25) is 9.80 Å². The van der Waals surface area contributed by atoms with Crippen LogP contribution in [-0.2, 0) is 4.79 Å². The Morgan fingerprint density at radius 3 is 2.47 bits per heavy atom. The van der Waals surface area contributed by atoms with Crippen molar-refractivity contribution in [2.45, 2.75) is 32.6 Å². The number of anilines is 3. The summed E-state index contributed by atoms with van der Waals surface area (Å²) in [6, 6.07) is 11.9. The fourth-order valence-electron chi connectivity index (χ4n) is 4.69. The molecule has 0 bridgehead atoms. The molecule has 2 aliphatic rings. The summed E-state index contributed by atoms with van der Waals surface area (Å²) in [5.74, 6) is 0.378. The average Bonchev–Trinajstić information content (AvgIpc) is 2.66. The van der Waals surface area contributed by atoms with E-state index in [0.29, 0.717) is 17.8 Å². The van der Waals surface area contributed by atoms with E-state index in [1.165, 1.54) is 0 Å². The minimum absolute atomic E-state index is 0.0952. The van der Waals surface area contributed by atoms with Gasteiger partial charge in [0.15, 0.2) is 11.6 Å². The number of nitriles is 1. The van der Waals surface area contributed by atoms with Gasteiger partial charge in [-0.05, 0) is 17.4 Å². The highest BCUT2D eigenvalue weighted by molar-refractivity contribution is 6.02. The van der Waals surface area contributed by atoms with Crippen LogP contribution < -0.4 is 16.5 Å². The van der Waals surface area contributed by atoms with Gasteiger partial charge in [-0.1, -0.05) is 44.2 Å². The van der Waals surface area contributed by atoms with Crippen molar-refractivity contribution < 1.29 is 4.79 Å². The second-order valence-electron chi connectivity index (χ2n) is 8.94. The van der Waals surface area contributed by atoms with E-state index in [0.717, 1.165) is 23.3 Å². The van der Waals surface area contributed by atoms with Crippen molar-refractivity contribution >= 4 is 23.1 Å². The first-order valence-corrected chi connectivity index (χ1v) is 9.93. The van der Waals surface area contributed by atoms with Gasteiger partial charge in [0.2, 0.25) is 0 Å². The number of hydrogen-bond donors (Lipinski definition) is 2. The third kappa shape index (κ3) is 2.92. The molecule has 0 amide bonds. The van der Waals surface area contributed by atoms with E-state index < -0.39 is 5.92 Å². The third-order valence-corrected chi connectivity index (χ3v) is 5.86. The first-order valence-electron chi connectivity index (χ1n) is 9.93. The Morgan fingerprint density at radius 1 is 1.20 bits per heavy atom. The van der Waals surface area contributed by atoms with E-state index in [1.807, 2.05) is 54.4 Å². The maximum atomic E-state index is 13.5. The second-order valence-corrected chi connectivity index (χ2v) is 8.94. The Morgan fingerprint density at radius 2 is 1.87 bits per heavy atom. The summed E-state index contributed by atoms with van der Waals surface area (Å²) in [7, 11) is 3.80. The summed E-state index contributed by atoms with van der Waals surface area (Å²) in [6.07, 6.45) is 1.18. The van der Waals surface area contributed by atoms with Crippen molar-refractivity contribution in [2.75, 3.05) is 30.6 Å². The van der Waals surface area contributed by atoms with Crippen LogP contribution in [0.15, 0.2) is 41.6 Å². The number of carbonyl (C=O) groups is 1. The molecule has 1 aliphatic heterocycles. The first-order chi connectivity index (χ1) is 14.2. The van der Waals surface area contributed by atoms with Gasteiger partial charge < -0.3 is 11.5 Å². The van der Waals surface area contributed by atoms with E-state index >= 15 is 0 Å². The number of hydrogen-bond acceptors (Lipinski definition) is 7. The van der Waals surface area contributed by atoms with Crippen molar-refractivity contribution in [2.24, 2.45) is 5.41 Å². The van der Waals surface area contributed by atoms with Crippen LogP contribution in [0, 0.1) is 16.7 Å². The normalized spacial score (nSPS) is 20.1. The van der Waals surface area contributed by atoms with E-state index in [2.05, 4.69) is 24.9 Å². The Labute approximate surface area is 176 Å². The van der Waals surface area contributed by atoms with Crippen LogP contribution in [-0.4, -0.2) is 29.9 Å². The lowest BCUT2D eigenvalue weighted by atomic mass is 9.68. The molecule has 1 aromatic carbocycles. The monoisotopic (exact) mass is 402 g/mol. The van der Waals surface area contributed by atoms with E-state index in [-0.39, 0.29) is 28.3 Å². The number of Topliss-reactive ketones (excluding diaryl/α,β-unsaturated/α-hetero) is 1. The SMILES string of the molecule is CN(C)N1C2=C(C(=O)CC(C)(C)C2)C(c2ccccc2)c2c1nc(N)c(C#N)c2N. The smallest absolute Gasteiger partial charge is 0.162 e. The van der Waals surface area contributed by atoms with Gasteiger partial charge >= 0.3 is 0 Å². The fraction of sp³-hybridized carbons (Fsp3) is 0.348. The van der Waals surface area contributed by atoms with Crippen molar-refractivity contribution in [3.05, 3.63) is 58.3 Å². The van der Waals surface area contributed by atoms with Crippen molar-refractivity contribution in [3.8, 4) is 6.07 Å². The van der Waals surface area contributed by atoms with Gasteiger partial charge in [0.1, 0.15) is 17.5 Å². The average molecular weight is 403 g/mol. The molecule has 30 heavy (non-hydrogen) atoms. The number of nitrogen functional groups attached to an aromatic ring is 2. The topological polar surface area (TPSA) is 112 Å². The van der Waals surface area contributed by atoms with Crippen molar-refractivity contribution in [3.63, 3.8) is 0 Å². The summed E-state index contributed by atoms with van der Waals surface area (Å²) < 4.78 is 0. The molecule has 2 heterocycles. The molecule has 0 saturated heterocycles. The Hall–Kier alpha value is -3.37. The van der Waals surface area contributed by atoms with Gasteiger partial charge in [0.05, 0.1) is 5.69 Å². The lowest BCUT2D eigenvalue weighted by Crippen LogP contribution is -2.46. The molecule has 1 aliphatic carbocycles. The Kier molecular flexibility index (Phi) is 4.55. The highest BCUT2D eigenvalue weighted by Gasteiger charge is 2.46. The van der Waals surface area contributed by atoms with Crippen LogP contribution in [0.25, 0.3) is 0 Å². The minimum atomic E-state index is -0.392. The maximum Gasteiger partial charge on any atom is 0.162 e. The zero-order valence-corrected chi connectivity index (χ0v) is 17.7. The summed E-state index contributed by atoms with van der Waals surface area (Å²) in [4.78, 5) is 18.1. The van der Waals surface area contributed by atoms with Gasteiger partial charge in [0, 0.05) is 43.3 Å². The van der Waals surface area contributed by atoms with E-state index in [9.17, 15) is 10.1 Å². The van der Waals surface area contributed by atoms with Gasteiger partial charge in [0.25, 0.3) is 0 Å². The lowest BCUT2D eigenvalue weighted by molar-refractivity contribution is -0.118. The molecule has 1 atom stereocenters. The number of hydrazine groups is 1. The van der Waals surface area contributed by atoms with Crippen LogP contribution in [0.5, 0.6) is 0 Å². The summed E-state index contributed by atoms with van der Waals surface area (Å²) in [5, 5.41) is 13.5. The number of rotatable bonds is 2. The summed E-state index contributed by atoms with van der Waals surface area (Å²) >= 11 is 0. The zero-order valence-electron chi connectivity index (χ0n) is 17.7. The lowest BCUT2D eigenvalue weighted by Gasteiger charge is -2.46. The molecular formula is C23H26N6O. The highest BCUT2D eigenvalue weighted by atomic mass is 16.1. The maximum absolute atomic E-state index is 13.5. The predicted molar refractivity (Wildman–Crippen MR) is 117 cm³/mol. The molecule has 0 radical (unpaired) electrons. The predicted octanol–water partition coefficient (Wildman–Crippen LogP) is 3.19. The molecule has 1 aromatic heterocycles. The fourth-order valence-corrected chi connectivity index (χ4v) is 4.69. The molecule has 0 saturated carbocycles. The Bertz CT molecular complexity index is 1110. The number of benzene rings is 1. The van der Waals surface area contributed by atoms with E-state index in [1.54, 1.807) is 0 Å². The van der Waals surface area contributed by atoms with Gasteiger partial charge in [-0.25, -0.2) is 9.99 Å². The Balaban J connectivity index is 2.12. The number of ketones is 1. The summed E-state index contributed by atoms with van der Waals surface area (Å²) in [6.45, 7) is 4.20. The summed E-state index contributed by atoms with van der Waals surface area (Å²) in [5.41, 5.74) is 16.1. The largest absolute Gasteiger partial charge is 0.397 e. The molecular weight excluding hydrogens is 376 g/mol. The number of allylic oxidation sites excluding steroid dienone is 2. The minimum Gasteiger partial charge on any atom is -0.397 e. The van der Waals surface area contributed by atoms with E-state index in [4.69, 9.17) is 11.5 Å². The number of carbonyl (C=O) groups excluding carboxylic acids is 1. The van der Waals surface area contributed by atoms with Crippen LogP contribution in [0.1, 0.15) is 49.3 Å². The highest BCUT2D eigenvalue weighted by Crippen LogP contribution is 2.53. The van der Waals surface area contributed by atoms with Gasteiger partial charge in [-0.15, -0.1) is 0 Å². The molecule has 4 rings (SSSR count). The van der Waals surface area contributed by atoms with Crippen LogP contribution in [0.2, 0.25) is 0 Å². The van der Waals surface area contributed by atoms with Gasteiger partial charge in [-0.2, -0.15) is 5.26 Å². The quantitative estimate of drug-likeness (QED) is 0.793. The number of aromatic nitrogens is 1. The standard InChI is InChI=1S/C23H26N6O/c1-23(2)10-15-18(16(30)11-23)17(13-8-6-5-7-9-13)19-20(25)14(12-24)21(26)27-22(19)29(15)28(3)4/h5-9,17H,10-11H2,1-4H3,(H4,25,26,27). The first kappa shape index (κ1) is 19.9. The molecule has 154 valence electrons. The molecule has 7 heteroatoms. The van der Waals surface area contributed by atoms with Crippen molar-refractivity contribution in [1.82, 2.24) is 9.99 Å². The number of nitrogens with zero attached hydrogens (tertiary/aromatic N) is 4. The zero-order chi connectivity index (χ0) is 21.8. The van der Waals surface area contributed by atoms with Crippen LogP contribution >= 0.6 is 0 Å².